The molecule has 2 aliphatic heterocycles. The zero-order chi connectivity index (χ0) is 13.9. The van der Waals surface area contributed by atoms with E-state index < -0.39 is 0 Å². The molecule has 2 aliphatic rings. The molecule has 0 aromatic heterocycles. The summed E-state index contributed by atoms with van der Waals surface area (Å²) in [5.74, 6) is 0.123. The van der Waals surface area contributed by atoms with Gasteiger partial charge >= 0.3 is 0 Å². The van der Waals surface area contributed by atoms with Crippen molar-refractivity contribution in [1.82, 2.24) is 15.5 Å². The highest BCUT2D eigenvalue weighted by atomic mass is 32.2. The lowest BCUT2D eigenvalue weighted by Gasteiger charge is -2.36. The molecule has 4 nitrogen and oxygen atoms in total. The summed E-state index contributed by atoms with van der Waals surface area (Å²) >= 11 is 1.96. The van der Waals surface area contributed by atoms with E-state index in [-0.39, 0.29) is 11.9 Å². The Kier molecular flexibility index (Phi) is 4.29. The van der Waals surface area contributed by atoms with E-state index >= 15 is 0 Å². The zero-order valence-electron chi connectivity index (χ0n) is 11.8. The van der Waals surface area contributed by atoms with Gasteiger partial charge in [-0.15, -0.1) is 11.8 Å². The van der Waals surface area contributed by atoms with Crippen LogP contribution in [0.3, 0.4) is 0 Å². The maximum absolute atomic E-state index is 12.0. The number of nitrogens with zero attached hydrogens (tertiary/aromatic N) is 1. The molecule has 0 aliphatic carbocycles. The Morgan fingerprint density at radius 3 is 3.15 bits per heavy atom. The first kappa shape index (κ1) is 13.9. The summed E-state index contributed by atoms with van der Waals surface area (Å²) in [5, 5.41) is 6.66. The number of nitrogens with one attached hydrogen (secondary N) is 2. The minimum atomic E-state index is -0.0296. The minimum Gasteiger partial charge on any atom is -0.358 e. The van der Waals surface area contributed by atoms with Gasteiger partial charge in [0, 0.05) is 43.4 Å². The molecule has 0 bridgehead atoms. The second-order valence-corrected chi connectivity index (χ2v) is 6.72. The first-order valence-electron chi connectivity index (χ1n) is 7.19. The number of carbonyl (C=O) groups excluding carboxylic acids is 1. The highest BCUT2D eigenvalue weighted by Crippen LogP contribution is 2.37. The van der Waals surface area contributed by atoms with Crippen molar-refractivity contribution >= 4 is 17.7 Å². The Hall–Kier alpha value is -1.04. The van der Waals surface area contributed by atoms with E-state index in [1.54, 1.807) is 7.05 Å². The number of piperazine rings is 1. The number of carbonyl (C=O) groups is 1. The molecule has 2 atom stereocenters. The van der Waals surface area contributed by atoms with Gasteiger partial charge in [0.25, 0.3) is 0 Å². The van der Waals surface area contributed by atoms with Gasteiger partial charge in [0.1, 0.15) is 6.04 Å². The molecule has 5 heteroatoms. The largest absolute Gasteiger partial charge is 0.358 e. The summed E-state index contributed by atoms with van der Waals surface area (Å²) in [6, 6.07) is 8.61. The summed E-state index contributed by atoms with van der Waals surface area (Å²) in [7, 11) is 1.72. The molecule has 2 N–H and O–H groups in total. The Labute approximate surface area is 124 Å². The van der Waals surface area contributed by atoms with Crippen LogP contribution in [-0.4, -0.2) is 55.3 Å². The molecule has 1 fully saturated rings. The van der Waals surface area contributed by atoms with Gasteiger partial charge in [0.15, 0.2) is 0 Å². The van der Waals surface area contributed by atoms with Crippen LogP contribution in [-0.2, 0) is 11.2 Å². The Morgan fingerprint density at radius 2 is 2.35 bits per heavy atom. The average Bonchev–Trinajstić information content (AvgIpc) is 2.89. The number of likely N-dealkylation sites (N-methyl/N-ethyl adjacent to an activating group) is 1. The van der Waals surface area contributed by atoms with Gasteiger partial charge in [0.2, 0.25) is 5.91 Å². The van der Waals surface area contributed by atoms with Crippen LogP contribution in [0.15, 0.2) is 29.2 Å². The van der Waals surface area contributed by atoms with Crippen LogP contribution in [0, 0.1) is 0 Å². The van der Waals surface area contributed by atoms with Gasteiger partial charge in [-0.05, 0) is 18.1 Å². The third-order valence-corrected chi connectivity index (χ3v) is 5.36. The summed E-state index contributed by atoms with van der Waals surface area (Å²) in [4.78, 5) is 15.7. The number of thioether (sulfide) groups is 1. The monoisotopic (exact) mass is 291 g/mol. The fraction of sp³-hybridized carbons (Fsp3) is 0.533. The molecular weight excluding hydrogens is 270 g/mol. The van der Waals surface area contributed by atoms with Gasteiger partial charge in [-0.1, -0.05) is 18.2 Å². The summed E-state index contributed by atoms with van der Waals surface area (Å²) in [5.41, 5.74) is 1.45. The van der Waals surface area contributed by atoms with E-state index in [0.29, 0.717) is 5.25 Å². The number of hydrogen-bond donors (Lipinski definition) is 2. The quantitative estimate of drug-likeness (QED) is 0.861. The molecule has 3 rings (SSSR count). The van der Waals surface area contributed by atoms with Crippen molar-refractivity contribution in [2.24, 2.45) is 0 Å². The molecule has 1 aromatic carbocycles. The van der Waals surface area contributed by atoms with Crippen LogP contribution in [0.5, 0.6) is 0 Å². The fourth-order valence-electron chi connectivity index (χ4n) is 3.01. The maximum Gasteiger partial charge on any atom is 0.238 e. The minimum absolute atomic E-state index is 0.0296. The van der Waals surface area contributed by atoms with Crippen LogP contribution in [0.4, 0.5) is 0 Å². The Morgan fingerprint density at radius 1 is 1.50 bits per heavy atom. The van der Waals surface area contributed by atoms with E-state index in [4.69, 9.17) is 0 Å². The maximum atomic E-state index is 12.0. The molecule has 2 unspecified atom stereocenters. The lowest BCUT2D eigenvalue weighted by molar-refractivity contribution is -0.126. The first-order chi connectivity index (χ1) is 9.78. The van der Waals surface area contributed by atoms with Crippen LogP contribution in [0.2, 0.25) is 0 Å². The predicted octanol–water partition coefficient (Wildman–Crippen LogP) is 0.723. The molecule has 0 spiro atoms. The van der Waals surface area contributed by atoms with Gasteiger partial charge < -0.3 is 10.6 Å². The fourth-order valence-corrected chi connectivity index (χ4v) is 4.36. The van der Waals surface area contributed by atoms with E-state index in [9.17, 15) is 4.79 Å². The van der Waals surface area contributed by atoms with Gasteiger partial charge in [0.05, 0.1) is 0 Å². The van der Waals surface area contributed by atoms with E-state index in [1.165, 1.54) is 10.5 Å². The average molecular weight is 291 g/mol. The van der Waals surface area contributed by atoms with E-state index in [1.807, 2.05) is 11.8 Å². The molecule has 2 heterocycles. The first-order valence-corrected chi connectivity index (χ1v) is 8.07. The third-order valence-electron chi connectivity index (χ3n) is 4.06. The molecular formula is C15H21N3OS. The van der Waals surface area contributed by atoms with Crippen molar-refractivity contribution in [3.8, 4) is 0 Å². The highest BCUT2D eigenvalue weighted by Gasteiger charge is 2.31. The number of fused-ring (bicyclic) bond motifs is 1. The number of hydrogen-bond acceptors (Lipinski definition) is 4. The molecule has 1 amide bonds. The number of benzene rings is 1. The standard InChI is InChI=1S/C15H21N3OS/c1-16-15(19)13-9-17-6-7-18(13)10-12-8-11-4-2-3-5-14(11)20-12/h2-5,12-13,17H,6-10H2,1H3,(H,16,19). The second kappa shape index (κ2) is 6.16. The van der Waals surface area contributed by atoms with Crippen LogP contribution in [0.25, 0.3) is 0 Å². The summed E-state index contributed by atoms with van der Waals surface area (Å²) in [6.07, 6.45) is 1.12. The predicted molar refractivity (Wildman–Crippen MR) is 82.1 cm³/mol. The van der Waals surface area contributed by atoms with Gasteiger partial charge in [-0.3, -0.25) is 9.69 Å². The molecule has 0 saturated carbocycles. The van der Waals surface area contributed by atoms with E-state index in [2.05, 4.69) is 39.8 Å². The van der Waals surface area contributed by atoms with Crippen LogP contribution >= 0.6 is 11.8 Å². The van der Waals surface area contributed by atoms with Crippen LogP contribution < -0.4 is 10.6 Å². The van der Waals surface area contributed by atoms with Gasteiger partial charge in [-0.2, -0.15) is 0 Å². The third kappa shape index (κ3) is 2.85. The highest BCUT2D eigenvalue weighted by molar-refractivity contribution is 8.00. The van der Waals surface area contributed by atoms with Crippen molar-refractivity contribution in [3.63, 3.8) is 0 Å². The van der Waals surface area contributed by atoms with Crippen LogP contribution in [0.1, 0.15) is 5.56 Å². The smallest absolute Gasteiger partial charge is 0.238 e. The Balaban J connectivity index is 1.64. The molecule has 20 heavy (non-hydrogen) atoms. The zero-order valence-corrected chi connectivity index (χ0v) is 12.6. The van der Waals surface area contributed by atoms with Crippen molar-refractivity contribution in [2.45, 2.75) is 22.6 Å². The molecule has 108 valence electrons. The van der Waals surface area contributed by atoms with E-state index in [0.717, 1.165) is 32.6 Å². The molecule has 1 saturated heterocycles. The van der Waals surface area contributed by atoms with Crippen molar-refractivity contribution in [2.75, 3.05) is 33.2 Å². The number of amides is 1. The van der Waals surface area contributed by atoms with Gasteiger partial charge in [-0.25, -0.2) is 0 Å². The Bertz CT molecular complexity index is 469. The molecule has 0 radical (unpaired) electrons. The lowest BCUT2D eigenvalue weighted by Crippen LogP contribution is -2.58. The normalized spacial score (nSPS) is 26.2. The molecule has 1 aromatic rings. The lowest BCUT2D eigenvalue weighted by atomic mass is 10.1. The second-order valence-electron chi connectivity index (χ2n) is 5.38. The van der Waals surface area contributed by atoms with Crippen molar-refractivity contribution in [1.29, 1.82) is 0 Å². The number of rotatable bonds is 3. The summed E-state index contributed by atoms with van der Waals surface area (Å²) < 4.78 is 0. The topological polar surface area (TPSA) is 44.4 Å². The van der Waals surface area contributed by atoms with Crippen molar-refractivity contribution in [3.05, 3.63) is 29.8 Å². The SMILES string of the molecule is CNC(=O)C1CNCCN1CC1Cc2ccccc2S1. The summed E-state index contributed by atoms with van der Waals surface area (Å²) in [6.45, 7) is 3.66. The van der Waals surface area contributed by atoms with Crippen molar-refractivity contribution < 1.29 is 4.79 Å².